The number of hydrogen-bond donors (Lipinski definition) is 1. The number of rotatable bonds is 5. The van der Waals surface area contributed by atoms with Crippen LogP contribution in [0.5, 0.6) is 5.75 Å². The van der Waals surface area contributed by atoms with Crippen LogP contribution in [0, 0.1) is 0 Å². The Labute approximate surface area is 163 Å². The fourth-order valence-electron chi connectivity index (χ4n) is 3.47. The van der Waals surface area contributed by atoms with Gasteiger partial charge in [-0.3, -0.25) is 4.79 Å². The third-order valence-corrected chi connectivity index (χ3v) is 6.07. The normalized spacial score (nSPS) is 15.8. The zero-order valence-electron chi connectivity index (χ0n) is 15.3. The van der Waals surface area contributed by atoms with Gasteiger partial charge in [0, 0.05) is 5.56 Å². The van der Waals surface area contributed by atoms with Gasteiger partial charge >= 0.3 is 0 Å². The van der Waals surface area contributed by atoms with E-state index in [1.807, 2.05) is 42.5 Å². The second-order valence-corrected chi connectivity index (χ2v) is 7.77. The van der Waals surface area contributed by atoms with Gasteiger partial charge in [-0.15, -0.1) is 11.3 Å². The zero-order valence-corrected chi connectivity index (χ0v) is 16.1. The summed E-state index contributed by atoms with van der Waals surface area (Å²) < 4.78 is 5.24. The number of methoxy groups -OCH3 is 1. The number of benzene rings is 2. The number of amides is 1. The van der Waals surface area contributed by atoms with E-state index in [0.29, 0.717) is 6.42 Å². The molecule has 3 aromatic rings. The molecule has 0 saturated carbocycles. The van der Waals surface area contributed by atoms with Crippen LogP contribution in [0.3, 0.4) is 0 Å². The summed E-state index contributed by atoms with van der Waals surface area (Å²) in [5.41, 5.74) is 3.23. The number of hydrogen-bond acceptors (Lipinski definition) is 4. The molecule has 138 valence electrons. The number of carbonyl (C=O) groups excluding carboxylic acids is 1. The van der Waals surface area contributed by atoms with Crippen LogP contribution in [-0.4, -0.2) is 18.0 Å². The first-order valence-electron chi connectivity index (χ1n) is 9.20. The number of ether oxygens (including phenoxy) is 1. The predicted octanol–water partition coefficient (Wildman–Crippen LogP) is 4.56. The SMILES string of the molecule is COc1cccc(CC(=O)N[C@@H]2CCCc3nc(-c4ccccc4)sc32)c1. The lowest BCUT2D eigenvalue weighted by molar-refractivity contribution is -0.121. The average molecular weight is 378 g/mol. The second kappa shape index (κ2) is 7.92. The molecule has 0 spiro atoms. The number of nitrogens with one attached hydrogen (secondary N) is 1. The van der Waals surface area contributed by atoms with Crippen LogP contribution in [0.1, 0.15) is 35.0 Å². The molecule has 1 atom stereocenters. The lowest BCUT2D eigenvalue weighted by Gasteiger charge is -2.22. The Balaban J connectivity index is 1.49. The van der Waals surface area contributed by atoms with Crippen molar-refractivity contribution in [3.05, 3.63) is 70.7 Å². The summed E-state index contributed by atoms with van der Waals surface area (Å²) in [6.45, 7) is 0. The van der Waals surface area contributed by atoms with Crippen LogP contribution in [0.15, 0.2) is 54.6 Å². The first kappa shape index (κ1) is 17.7. The Bertz CT molecular complexity index is 936. The number of carbonyl (C=O) groups is 1. The standard InChI is InChI=1S/C22H22N2O2S/c1-26-17-10-5-7-15(13-17)14-20(25)23-18-11-6-12-19-21(18)27-22(24-19)16-8-3-2-4-9-16/h2-5,7-10,13,18H,6,11-12,14H2,1H3,(H,23,25)/t18-/m1/s1. The number of aryl methyl sites for hydroxylation is 1. The van der Waals surface area contributed by atoms with E-state index in [1.54, 1.807) is 18.4 Å². The van der Waals surface area contributed by atoms with Crippen molar-refractivity contribution in [3.63, 3.8) is 0 Å². The van der Waals surface area contributed by atoms with Crippen molar-refractivity contribution in [1.82, 2.24) is 10.3 Å². The highest BCUT2D eigenvalue weighted by molar-refractivity contribution is 7.15. The van der Waals surface area contributed by atoms with Gasteiger partial charge in [0.1, 0.15) is 10.8 Å². The highest BCUT2D eigenvalue weighted by Crippen LogP contribution is 2.37. The second-order valence-electron chi connectivity index (χ2n) is 6.74. The Morgan fingerprint density at radius 3 is 2.89 bits per heavy atom. The smallest absolute Gasteiger partial charge is 0.224 e. The summed E-state index contributed by atoms with van der Waals surface area (Å²) in [4.78, 5) is 18.6. The molecule has 1 aliphatic carbocycles. The fraction of sp³-hybridized carbons (Fsp3) is 0.273. The largest absolute Gasteiger partial charge is 0.497 e. The molecule has 0 bridgehead atoms. The van der Waals surface area contributed by atoms with Gasteiger partial charge in [-0.2, -0.15) is 0 Å². The summed E-state index contributed by atoms with van der Waals surface area (Å²) in [5.74, 6) is 0.811. The van der Waals surface area contributed by atoms with Crippen LogP contribution in [0.4, 0.5) is 0 Å². The Morgan fingerprint density at radius 2 is 2.07 bits per heavy atom. The number of aromatic nitrogens is 1. The zero-order chi connectivity index (χ0) is 18.6. The lowest BCUT2D eigenvalue weighted by atomic mass is 9.97. The monoisotopic (exact) mass is 378 g/mol. The molecule has 27 heavy (non-hydrogen) atoms. The van der Waals surface area contributed by atoms with E-state index in [4.69, 9.17) is 9.72 Å². The van der Waals surface area contributed by atoms with E-state index < -0.39 is 0 Å². The quantitative estimate of drug-likeness (QED) is 0.708. The summed E-state index contributed by atoms with van der Waals surface area (Å²) in [6, 6.07) is 18.0. The van der Waals surface area contributed by atoms with Gasteiger partial charge in [-0.1, -0.05) is 42.5 Å². The number of nitrogens with zero attached hydrogens (tertiary/aromatic N) is 1. The van der Waals surface area contributed by atoms with Gasteiger partial charge in [0.15, 0.2) is 0 Å². The highest BCUT2D eigenvalue weighted by Gasteiger charge is 2.26. The molecule has 0 fully saturated rings. The molecule has 1 aromatic heterocycles. The van der Waals surface area contributed by atoms with Crippen LogP contribution >= 0.6 is 11.3 Å². The third-order valence-electron chi connectivity index (χ3n) is 4.81. The molecule has 1 amide bonds. The molecular weight excluding hydrogens is 356 g/mol. The summed E-state index contributed by atoms with van der Waals surface area (Å²) in [7, 11) is 1.64. The van der Waals surface area contributed by atoms with E-state index in [-0.39, 0.29) is 11.9 Å². The fourth-order valence-corrected chi connectivity index (χ4v) is 4.68. The molecule has 1 aliphatic rings. The van der Waals surface area contributed by atoms with Crippen molar-refractivity contribution in [3.8, 4) is 16.3 Å². The van der Waals surface area contributed by atoms with Crippen LogP contribution < -0.4 is 10.1 Å². The maximum Gasteiger partial charge on any atom is 0.224 e. The minimum absolute atomic E-state index is 0.0377. The first-order chi connectivity index (χ1) is 13.2. The van der Waals surface area contributed by atoms with Crippen LogP contribution in [0.25, 0.3) is 10.6 Å². The van der Waals surface area contributed by atoms with Crippen LogP contribution in [0.2, 0.25) is 0 Å². The van der Waals surface area contributed by atoms with Gasteiger partial charge < -0.3 is 10.1 Å². The van der Waals surface area contributed by atoms with Crippen LogP contribution in [-0.2, 0) is 17.6 Å². The van der Waals surface area contributed by atoms with Gasteiger partial charge in [0.05, 0.1) is 30.1 Å². The summed E-state index contributed by atoms with van der Waals surface area (Å²) >= 11 is 1.71. The van der Waals surface area contributed by atoms with E-state index in [1.165, 1.54) is 4.88 Å². The molecule has 4 rings (SSSR count). The third kappa shape index (κ3) is 4.03. The molecule has 0 saturated heterocycles. The lowest BCUT2D eigenvalue weighted by Crippen LogP contribution is -2.31. The van der Waals surface area contributed by atoms with E-state index >= 15 is 0 Å². The van der Waals surface area contributed by atoms with Crippen molar-refractivity contribution < 1.29 is 9.53 Å². The van der Waals surface area contributed by atoms with Gasteiger partial charge in [0.25, 0.3) is 0 Å². The molecule has 0 aliphatic heterocycles. The minimum atomic E-state index is 0.0377. The molecule has 5 heteroatoms. The van der Waals surface area contributed by atoms with E-state index in [2.05, 4.69) is 17.4 Å². The van der Waals surface area contributed by atoms with Gasteiger partial charge in [-0.25, -0.2) is 4.98 Å². The Kier molecular flexibility index (Phi) is 5.21. The van der Waals surface area contributed by atoms with Gasteiger partial charge in [0.2, 0.25) is 5.91 Å². The topological polar surface area (TPSA) is 51.2 Å². The predicted molar refractivity (Wildman–Crippen MR) is 108 cm³/mol. The highest BCUT2D eigenvalue weighted by atomic mass is 32.1. The molecule has 1 N–H and O–H groups in total. The van der Waals surface area contributed by atoms with Gasteiger partial charge in [-0.05, 0) is 37.0 Å². The molecular formula is C22H22N2O2S. The minimum Gasteiger partial charge on any atom is -0.497 e. The molecule has 0 unspecified atom stereocenters. The van der Waals surface area contributed by atoms with Crippen molar-refractivity contribution in [2.75, 3.05) is 7.11 Å². The summed E-state index contributed by atoms with van der Waals surface area (Å²) in [6.07, 6.45) is 3.36. The van der Waals surface area contributed by atoms with Crippen molar-refractivity contribution in [2.45, 2.75) is 31.7 Å². The first-order valence-corrected chi connectivity index (χ1v) is 10.0. The summed E-state index contributed by atoms with van der Waals surface area (Å²) in [5, 5.41) is 4.25. The van der Waals surface area contributed by atoms with Crippen molar-refractivity contribution >= 4 is 17.2 Å². The molecule has 2 aromatic carbocycles. The Hall–Kier alpha value is -2.66. The molecule has 1 heterocycles. The maximum absolute atomic E-state index is 12.6. The van der Waals surface area contributed by atoms with E-state index in [0.717, 1.165) is 46.8 Å². The van der Waals surface area contributed by atoms with E-state index in [9.17, 15) is 4.79 Å². The van der Waals surface area contributed by atoms with Crippen molar-refractivity contribution in [1.29, 1.82) is 0 Å². The Morgan fingerprint density at radius 1 is 1.22 bits per heavy atom. The molecule has 4 nitrogen and oxygen atoms in total. The average Bonchev–Trinajstić information content (AvgIpc) is 3.14. The number of thiazole rings is 1. The molecule has 0 radical (unpaired) electrons. The number of fused-ring (bicyclic) bond motifs is 1. The maximum atomic E-state index is 12.6. The van der Waals surface area contributed by atoms with Crippen molar-refractivity contribution in [2.24, 2.45) is 0 Å².